The van der Waals surface area contributed by atoms with Gasteiger partial charge in [-0.25, -0.2) is 0 Å². The summed E-state index contributed by atoms with van der Waals surface area (Å²) in [6.45, 7) is 2.39. The number of amides is 2. The predicted molar refractivity (Wildman–Crippen MR) is 80.9 cm³/mol. The van der Waals surface area contributed by atoms with Crippen molar-refractivity contribution in [3.05, 3.63) is 29.3 Å². The van der Waals surface area contributed by atoms with Gasteiger partial charge < -0.3 is 10.6 Å². The summed E-state index contributed by atoms with van der Waals surface area (Å²) in [7, 11) is 0. The number of benzene rings is 1. The molecule has 1 aromatic carbocycles. The maximum absolute atomic E-state index is 12.1. The fraction of sp³-hybridized carbons (Fsp3) is 0.429. The van der Waals surface area contributed by atoms with Gasteiger partial charge in [-0.15, -0.1) is 11.8 Å². The molecule has 108 valence electrons. The van der Waals surface area contributed by atoms with Gasteiger partial charge in [0.15, 0.2) is 0 Å². The molecular formula is C14H17ClN2O2S. The minimum Gasteiger partial charge on any atom is -0.354 e. The molecule has 1 saturated heterocycles. The molecule has 2 amide bonds. The molecule has 0 radical (unpaired) electrons. The van der Waals surface area contributed by atoms with Gasteiger partial charge in [-0.05, 0) is 37.6 Å². The van der Waals surface area contributed by atoms with Crippen molar-refractivity contribution in [2.45, 2.75) is 36.0 Å². The van der Waals surface area contributed by atoms with Crippen LogP contribution in [0.3, 0.4) is 0 Å². The number of hydrogen-bond donors (Lipinski definition) is 2. The minimum absolute atomic E-state index is 0.00824. The summed E-state index contributed by atoms with van der Waals surface area (Å²) in [6.07, 6.45) is 1.18. The van der Waals surface area contributed by atoms with E-state index in [9.17, 15) is 9.59 Å². The highest BCUT2D eigenvalue weighted by Crippen LogP contribution is 2.24. The van der Waals surface area contributed by atoms with Crippen molar-refractivity contribution in [3.8, 4) is 0 Å². The van der Waals surface area contributed by atoms with E-state index in [2.05, 4.69) is 10.6 Å². The van der Waals surface area contributed by atoms with Gasteiger partial charge in [0, 0.05) is 28.9 Å². The molecule has 4 nitrogen and oxygen atoms in total. The lowest BCUT2D eigenvalue weighted by Crippen LogP contribution is -2.49. The van der Waals surface area contributed by atoms with E-state index in [-0.39, 0.29) is 23.1 Å². The molecule has 1 fully saturated rings. The van der Waals surface area contributed by atoms with E-state index in [1.807, 2.05) is 31.2 Å². The first-order chi connectivity index (χ1) is 9.54. The summed E-state index contributed by atoms with van der Waals surface area (Å²) in [4.78, 5) is 24.2. The van der Waals surface area contributed by atoms with Crippen molar-refractivity contribution in [3.63, 3.8) is 0 Å². The average Bonchev–Trinajstić information content (AvgIpc) is 2.44. The van der Waals surface area contributed by atoms with Crippen LogP contribution in [-0.2, 0) is 9.59 Å². The second-order valence-corrected chi connectivity index (χ2v) is 6.61. The molecule has 0 saturated carbocycles. The molecule has 2 atom stereocenters. The number of carbonyl (C=O) groups excluding carboxylic acids is 2. The first kappa shape index (κ1) is 15.2. The van der Waals surface area contributed by atoms with Crippen molar-refractivity contribution in [1.82, 2.24) is 10.6 Å². The zero-order valence-electron chi connectivity index (χ0n) is 11.2. The van der Waals surface area contributed by atoms with Crippen molar-refractivity contribution in [2.75, 3.05) is 6.54 Å². The normalized spacial score (nSPS) is 20.1. The van der Waals surface area contributed by atoms with E-state index in [0.717, 1.165) is 4.90 Å². The monoisotopic (exact) mass is 312 g/mol. The Morgan fingerprint density at radius 3 is 2.75 bits per heavy atom. The molecule has 6 heteroatoms. The molecule has 0 aromatic heterocycles. The highest BCUT2D eigenvalue weighted by Gasteiger charge is 2.22. The van der Waals surface area contributed by atoms with Crippen molar-refractivity contribution < 1.29 is 9.59 Å². The van der Waals surface area contributed by atoms with Crippen LogP contribution in [0.1, 0.15) is 19.8 Å². The number of nitrogens with one attached hydrogen (secondary N) is 2. The Morgan fingerprint density at radius 2 is 2.15 bits per heavy atom. The Kier molecular flexibility index (Phi) is 5.31. The zero-order valence-corrected chi connectivity index (χ0v) is 12.8. The van der Waals surface area contributed by atoms with Gasteiger partial charge in [-0.1, -0.05) is 11.6 Å². The molecule has 2 N–H and O–H groups in total. The average molecular weight is 313 g/mol. The number of piperidine rings is 1. The second kappa shape index (κ2) is 6.99. The smallest absolute Gasteiger partial charge is 0.233 e. The van der Waals surface area contributed by atoms with Gasteiger partial charge >= 0.3 is 0 Å². The molecule has 2 rings (SSSR count). The Labute approximate surface area is 127 Å². The first-order valence-electron chi connectivity index (χ1n) is 6.54. The van der Waals surface area contributed by atoms with Crippen LogP contribution in [0.25, 0.3) is 0 Å². The number of carbonyl (C=O) groups is 2. The van der Waals surface area contributed by atoms with Crippen molar-refractivity contribution in [2.24, 2.45) is 0 Å². The third kappa shape index (κ3) is 4.42. The maximum Gasteiger partial charge on any atom is 0.233 e. The van der Waals surface area contributed by atoms with E-state index >= 15 is 0 Å². The van der Waals surface area contributed by atoms with Gasteiger partial charge in [-0.2, -0.15) is 0 Å². The second-order valence-electron chi connectivity index (χ2n) is 4.76. The molecule has 1 aromatic rings. The van der Waals surface area contributed by atoms with Gasteiger partial charge in [0.2, 0.25) is 11.8 Å². The van der Waals surface area contributed by atoms with Crippen LogP contribution in [0.4, 0.5) is 0 Å². The predicted octanol–water partition coefficient (Wildman–Crippen LogP) is 2.22. The molecule has 20 heavy (non-hydrogen) atoms. The van der Waals surface area contributed by atoms with Crippen molar-refractivity contribution >= 4 is 35.2 Å². The number of thioether (sulfide) groups is 1. The number of halogens is 1. The molecule has 0 bridgehead atoms. The standard InChI is InChI=1S/C14H17ClN2O2S/c1-9(20-12-5-2-10(15)3-6-12)14(19)17-11-4-7-13(18)16-8-11/h2-3,5-6,9,11H,4,7-8H2,1H3,(H,16,18)(H,17,19). The Balaban J connectivity index is 1.82. The third-order valence-corrected chi connectivity index (χ3v) is 4.47. The summed E-state index contributed by atoms with van der Waals surface area (Å²) in [5.41, 5.74) is 0. The molecular weight excluding hydrogens is 296 g/mol. The molecule has 0 spiro atoms. The van der Waals surface area contributed by atoms with E-state index in [0.29, 0.717) is 24.4 Å². The van der Waals surface area contributed by atoms with Gasteiger partial charge in [0.1, 0.15) is 0 Å². The lowest BCUT2D eigenvalue weighted by atomic mass is 10.1. The van der Waals surface area contributed by atoms with Crippen molar-refractivity contribution in [1.29, 1.82) is 0 Å². The van der Waals surface area contributed by atoms with Crippen LogP contribution < -0.4 is 10.6 Å². The molecule has 0 aliphatic carbocycles. The molecule has 2 unspecified atom stereocenters. The van der Waals surface area contributed by atoms with Crippen LogP contribution in [0.2, 0.25) is 5.02 Å². The summed E-state index contributed by atoms with van der Waals surface area (Å²) >= 11 is 7.32. The molecule has 1 heterocycles. The van der Waals surface area contributed by atoms with Gasteiger partial charge in [-0.3, -0.25) is 9.59 Å². The first-order valence-corrected chi connectivity index (χ1v) is 7.79. The Hall–Kier alpha value is -1.20. The number of hydrogen-bond acceptors (Lipinski definition) is 3. The maximum atomic E-state index is 12.1. The third-order valence-electron chi connectivity index (χ3n) is 3.11. The van der Waals surface area contributed by atoms with E-state index < -0.39 is 0 Å². The van der Waals surface area contributed by atoms with E-state index in [1.165, 1.54) is 11.8 Å². The van der Waals surface area contributed by atoms with Crippen LogP contribution in [0.5, 0.6) is 0 Å². The fourth-order valence-electron chi connectivity index (χ4n) is 1.95. The van der Waals surface area contributed by atoms with Crippen LogP contribution in [-0.4, -0.2) is 29.7 Å². The summed E-state index contributed by atoms with van der Waals surface area (Å²) in [6, 6.07) is 7.46. The highest BCUT2D eigenvalue weighted by molar-refractivity contribution is 8.00. The highest BCUT2D eigenvalue weighted by atomic mass is 35.5. The van der Waals surface area contributed by atoms with Gasteiger partial charge in [0.25, 0.3) is 0 Å². The zero-order chi connectivity index (χ0) is 14.5. The van der Waals surface area contributed by atoms with Crippen LogP contribution in [0.15, 0.2) is 29.2 Å². The minimum atomic E-state index is -0.186. The van der Waals surface area contributed by atoms with Crippen LogP contribution >= 0.6 is 23.4 Å². The largest absolute Gasteiger partial charge is 0.354 e. The molecule has 1 aliphatic heterocycles. The summed E-state index contributed by atoms with van der Waals surface area (Å²) in [5, 5.41) is 6.23. The molecule has 1 aliphatic rings. The van der Waals surface area contributed by atoms with E-state index in [1.54, 1.807) is 0 Å². The number of rotatable bonds is 4. The Bertz CT molecular complexity index is 482. The topological polar surface area (TPSA) is 58.2 Å². The summed E-state index contributed by atoms with van der Waals surface area (Å²) in [5.74, 6) is 0.0465. The van der Waals surface area contributed by atoms with Gasteiger partial charge in [0.05, 0.1) is 5.25 Å². The Morgan fingerprint density at radius 1 is 1.45 bits per heavy atom. The lowest BCUT2D eigenvalue weighted by molar-refractivity contribution is -0.125. The SMILES string of the molecule is CC(Sc1ccc(Cl)cc1)C(=O)NC1CCC(=O)NC1. The quantitative estimate of drug-likeness (QED) is 0.838. The van der Waals surface area contributed by atoms with Crippen LogP contribution in [0, 0.1) is 0 Å². The lowest BCUT2D eigenvalue weighted by Gasteiger charge is -2.24. The van der Waals surface area contributed by atoms with E-state index in [4.69, 9.17) is 11.6 Å². The summed E-state index contributed by atoms with van der Waals surface area (Å²) < 4.78 is 0. The fourth-order valence-corrected chi connectivity index (χ4v) is 2.95.